The Morgan fingerprint density at radius 2 is 1.62 bits per heavy atom. The van der Waals surface area contributed by atoms with Crippen LogP contribution in [0, 0.1) is 18.3 Å². The fourth-order valence-corrected chi connectivity index (χ4v) is 5.00. The average Bonchev–Trinajstić information content (AvgIpc) is 2.85. The molecule has 2 atom stereocenters. The van der Waals surface area contributed by atoms with Crippen molar-refractivity contribution >= 4 is 16.5 Å². The minimum absolute atomic E-state index is 0.0553. The summed E-state index contributed by atoms with van der Waals surface area (Å²) in [7, 11) is 0. The maximum atomic E-state index is 13.5. The van der Waals surface area contributed by atoms with Crippen LogP contribution in [-0.4, -0.2) is 29.9 Å². The zero-order valence-electron chi connectivity index (χ0n) is 19.7. The molecule has 0 spiro atoms. The molecule has 1 fully saturated rings. The lowest BCUT2D eigenvalue weighted by Crippen LogP contribution is -2.45. The van der Waals surface area contributed by atoms with Gasteiger partial charge in [0, 0.05) is 36.0 Å². The summed E-state index contributed by atoms with van der Waals surface area (Å²) in [5.41, 5.74) is 5.42. The van der Waals surface area contributed by atoms with E-state index in [2.05, 4.69) is 36.9 Å². The third-order valence-corrected chi connectivity index (χ3v) is 6.45. The summed E-state index contributed by atoms with van der Waals surface area (Å²) in [6.07, 6.45) is 2.30. The number of aromatic nitrogens is 1. The molecule has 1 aromatic heterocycles. The van der Waals surface area contributed by atoms with Crippen LogP contribution in [0.15, 0.2) is 77.7 Å². The number of ether oxygens (including phenoxy) is 1. The smallest absolute Gasteiger partial charge is 0.262 e. The highest BCUT2D eigenvalue weighted by molar-refractivity contribution is 5.98. The summed E-state index contributed by atoms with van der Waals surface area (Å²) >= 11 is 0. The van der Waals surface area contributed by atoms with Crippen LogP contribution in [0.1, 0.15) is 25.0 Å². The largest absolute Gasteiger partial charge is 0.372 e. The number of aryl methyl sites for hydroxylation is 1. The Morgan fingerprint density at radius 1 is 0.941 bits per heavy atom. The number of hydrogen-bond donors (Lipinski definition) is 0. The van der Waals surface area contributed by atoms with Crippen molar-refractivity contribution in [2.75, 3.05) is 18.0 Å². The van der Waals surface area contributed by atoms with Gasteiger partial charge in [-0.2, -0.15) is 5.26 Å². The number of hydrogen-bond acceptors (Lipinski definition) is 4. The van der Waals surface area contributed by atoms with E-state index >= 15 is 0 Å². The first-order valence-electron chi connectivity index (χ1n) is 11.6. The zero-order valence-corrected chi connectivity index (χ0v) is 19.7. The summed E-state index contributed by atoms with van der Waals surface area (Å²) in [4.78, 5) is 15.9. The molecule has 5 heteroatoms. The minimum Gasteiger partial charge on any atom is -0.372 e. The highest BCUT2D eigenvalue weighted by Crippen LogP contribution is 2.31. The van der Waals surface area contributed by atoms with E-state index in [0.29, 0.717) is 10.9 Å². The second-order valence-electron chi connectivity index (χ2n) is 9.09. The maximum absolute atomic E-state index is 13.5. The van der Waals surface area contributed by atoms with Gasteiger partial charge in [0.15, 0.2) is 0 Å². The number of nitrogens with zero attached hydrogens (tertiary/aromatic N) is 3. The van der Waals surface area contributed by atoms with E-state index in [1.54, 1.807) is 10.6 Å². The van der Waals surface area contributed by atoms with Crippen LogP contribution in [0.2, 0.25) is 0 Å². The average molecular weight is 450 g/mol. The normalized spacial score (nSPS) is 18.1. The van der Waals surface area contributed by atoms with Crippen molar-refractivity contribution in [3.05, 3.63) is 94.4 Å². The molecular weight excluding hydrogens is 422 g/mol. The molecule has 5 rings (SSSR count). The molecule has 0 N–H and O–H groups in total. The van der Waals surface area contributed by atoms with Crippen LogP contribution < -0.4 is 10.5 Å². The molecule has 0 bridgehead atoms. The second kappa shape index (κ2) is 8.81. The van der Waals surface area contributed by atoms with E-state index < -0.39 is 0 Å². The molecule has 4 aromatic rings. The SMILES string of the molecule is Cc1cn(-c2ccc(N3CC(C)O[C@H](C)C3)cc2)c(=O)c2cccc(-c3cccc(C#N)c3)c12. The third-order valence-electron chi connectivity index (χ3n) is 6.45. The summed E-state index contributed by atoms with van der Waals surface area (Å²) < 4.78 is 7.58. The Bertz CT molecular complexity index is 1450. The van der Waals surface area contributed by atoms with Crippen LogP contribution >= 0.6 is 0 Å². The van der Waals surface area contributed by atoms with Gasteiger partial charge in [0.1, 0.15) is 0 Å². The highest BCUT2D eigenvalue weighted by Gasteiger charge is 2.22. The van der Waals surface area contributed by atoms with Crippen molar-refractivity contribution in [3.63, 3.8) is 0 Å². The van der Waals surface area contributed by atoms with Crippen LogP contribution in [-0.2, 0) is 4.74 Å². The molecule has 34 heavy (non-hydrogen) atoms. The van der Waals surface area contributed by atoms with Gasteiger partial charge in [-0.25, -0.2) is 0 Å². The molecule has 0 aliphatic carbocycles. The Balaban J connectivity index is 1.56. The van der Waals surface area contributed by atoms with Crippen LogP contribution in [0.4, 0.5) is 5.69 Å². The predicted molar refractivity (Wildman–Crippen MR) is 137 cm³/mol. The first-order chi connectivity index (χ1) is 16.4. The summed E-state index contributed by atoms with van der Waals surface area (Å²) in [5, 5.41) is 10.9. The van der Waals surface area contributed by atoms with E-state index in [-0.39, 0.29) is 17.8 Å². The number of anilines is 1. The van der Waals surface area contributed by atoms with E-state index in [9.17, 15) is 10.1 Å². The Labute approximate surface area is 199 Å². The van der Waals surface area contributed by atoms with Crippen molar-refractivity contribution in [2.24, 2.45) is 0 Å². The third kappa shape index (κ3) is 3.98. The van der Waals surface area contributed by atoms with E-state index in [1.165, 1.54) is 0 Å². The number of rotatable bonds is 3. The molecule has 0 saturated carbocycles. The molecule has 1 aliphatic heterocycles. The van der Waals surface area contributed by atoms with Crippen LogP contribution in [0.25, 0.3) is 27.6 Å². The summed E-state index contributed by atoms with van der Waals surface area (Å²) in [6, 6.07) is 23.7. The van der Waals surface area contributed by atoms with E-state index in [1.807, 2.05) is 61.7 Å². The van der Waals surface area contributed by atoms with Crippen LogP contribution in [0.3, 0.4) is 0 Å². The van der Waals surface area contributed by atoms with Gasteiger partial charge in [0.2, 0.25) is 0 Å². The van der Waals surface area contributed by atoms with Crippen molar-refractivity contribution in [2.45, 2.75) is 33.0 Å². The Hall–Kier alpha value is -3.88. The fraction of sp³-hybridized carbons (Fsp3) is 0.241. The summed E-state index contributed by atoms with van der Waals surface area (Å²) in [6.45, 7) is 7.93. The molecule has 0 radical (unpaired) electrons. The van der Waals surface area contributed by atoms with Crippen molar-refractivity contribution in [3.8, 4) is 22.9 Å². The molecule has 170 valence electrons. The number of morpholine rings is 1. The van der Waals surface area contributed by atoms with Gasteiger partial charge in [-0.05, 0) is 85.3 Å². The second-order valence-corrected chi connectivity index (χ2v) is 9.09. The monoisotopic (exact) mass is 449 g/mol. The number of benzene rings is 3. The summed E-state index contributed by atoms with van der Waals surface area (Å²) in [5.74, 6) is 0. The van der Waals surface area contributed by atoms with Gasteiger partial charge < -0.3 is 9.64 Å². The Kier molecular flexibility index (Phi) is 5.69. The van der Waals surface area contributed by atoms with Crippen molar-refractivity contribution < 1.29 is 4.74 Å². The molecule has 2 heterocycles. The number of fused-ring (bicyclic) bond motifs is 1. The predicted octanol–water partition coefficient (Wildman–Crippen LogP) is 5.45. The molecular formula is C29H27N3O2. The first kappa shape index (κ1) is 21.9. The van der Waals surface area contributed by atoms with Gasteiger partial charge >= 0.3 is 0 Å². The lowest BCUT2D eigenvalue weighted by molar-refractivity contribution is -0.00521. The van der Waals surface area contributed by atoms with Gasteiger partial charge in [-0.15, -0.1) is 0 Å². The van der Waals surface area contributed by atoms with Gasteiger partial charge in [-0.1, -0.05) is 24.3 Å². The standard InChI is InChI=1S/C29H27N3O2/c1-19-16-32(25-12-10-24(11-13-25)31-17-20(2)34-21(3)18-31)29(33)27-9-5-8-26(28(19)27)23-7-4-6-22(14-23)15-30/h4-14,16,20-21H,17-18H2,1-3H3/t20-,21?/m1/s1. The van der Waals surface area contributed by atoms with Crippen molar-refractivity contribution in [1.29, 1.82) is 5.26 Å². The van der Waals surface area contributed by atoms with E-state index in [4.69, 9.17) is 4.74 Å². The quantitative estimate of drug-likeness (QED) is 0.417. The molecule has 3 aromatic carbocycles. The van der Waals surface area contributed by atoms with Crippen LogP contribution in [0.5, 0.6) is 0 Å². The van der Waals surface area contributed by atoms with Gasteiger partial charge in [0.05, 0.1) is 23.8 Å². The molecule has 1 saturated heterocycles. The van der Waals surface area contributed by atoms with Gasteiger partial charge in [0.25, 0.3) is 5.56 Å². The van der Waals surface area contributed by atoms with E-state index in [0.717, 1.165) is 46.5 Å². The zero-order chi connectivity index (χ0) is 23.8. The fourth-order valence-electron chi connectivity index (χ4n) is 5.00. The lowest BCUT2D eigenvalue weighted by atomic mass is 9.95. The Morgan fingerprint density at radius 3 is 2.32 bits per heavy atom. The van der Waals surface area contributed by atoms with Gasteiger partial charge in [-0.3, -0.25) is 9.36 Å². The lowest BCUT2D eigenvalue weighted by Gasteiger charge is -2.36. The minimum atomic E-state index is -0.0553. The number of pyridine rings is 1. The molecule has 5 nitrogen and oxygen atoms in total. The highest BCUT2D eigenvalue weighted by atomic mass is 16.5. The number of nitriles is 1. The molecule has 1 unspecified atom stereocenters. The topological polar surface area (TPSA) is 58.3 Å². The maximum Gasteiger partial charge on any atom is 0.262 e. The first-order valence-corrected chi connectivity index (χ1v) is 11.6. The van der Waals surface area contributed by atoms with Crippen molar-refractivity contribution in [1.82, 2.24) is 4.57 Å². The molecule has 1 aliphatic rings. The molecule has 0 amide bonds.